The molecule has 0 radical (unpaired) electrons. The Hall–Kier alpha value is -1.79. The van der Waals surface area contributed by atoms with Gasteiger partial charge in [-0.2, -0.15) is 0 Å². The van der Waals surface area contributed by atoms with Crippen molar-refractivity contribution >= 4 is 29.8 Å². The van der Waals surface area contributed by atoms with Gasteiger partial charge in [-0.3, -0.25) is 4.99 Å². The summed E-state index contributed by atoms with van der Waals surface area (Å²) in [4.78, 5) is 4.31. The molecule has 0 saturated heterocycles. The number of nitrogens with one attached hydrogen (secondary N) is 2. The number of benzene rings is 2. The molecule has 5 nitrogen and oxygen atoms in total. The molecule has 1 aliphatic heterocycles. The Labute approximate surface area is 177 Å². The van der Waals surface area contributed by atoms with Crippen LogP contribution in [0.2, 0.25) is 5.02 Å². The van der Waals surface area contributed by atoms with Gasteiger partial charge in [0.1, 0.15) is 18.2 Å². The minimum atomic E-state index is -0.575. The highest BCUT2D eigenvalue weighted by Gasteiger charge is 2.11. The van der Waals surface area contributed by atoms with E-state index < -0.39 is 6.10 Å². The molecule has 0 saturated carbocycles. The molecule has 1 aliphatic rings. The van der Waals surface area contributed by atoms with Crippen molar-refractivity contribution in [2.45, 2.75) is 25.5 Å². The molecule has 0 fully saturated rings. The normalized spacial score (nSPS) is 15.2. The van der Waals surface area contributed by atoms with E-state index in [1.54, 1.807) is 12.1 Å². The van der Waals surface area contributed by atoms with Crippen LogP contribution in [0.3, 0.4) is 0 Å². The number of hydrogen-bond acceptors (Lipinski definition) is 5. The van der Waals surface area contributed by atoms with Crippen molar-refractivity contribution in [2.75, 3.05) is 26.2 Å². The molecule has 0 bridgehead atoms. The molecule has 28 heavy (non-hydrogen) atoms. The number of halogens is 2. The van der Waals surface area contributed by atoms with Crippen LogP contribution in [0.4, 0.5) is 0 Å². The highest BCUT2D eigenvalue weighted by molar-refractivity contribution is 6.30. The third-order valence-corrected chi connectivity index (χ3v) is 4.71. The van der Waals surface area contributed by atoms with E-state index in [0.29, 0.717) is 18.2 Å². The lowest BCUT2D eigenvalue weighted by atomic mass is 10.1. The third-order valence-electron chi connectivity index (χ3n) is 4.48. The minimum absolute atomic E-state index is 0. The van der Waals surface area contributed by atoms with E-state index in [1.807, 2.05) is 24.3 Å². The predicted molar refractivity (Wildman–Crippen MR) is 117 cm³/mol. The molecule has 2 atom stereocenters. The third kappa shape index (κ3) is 6.99. The van der Waals surface area contributed by atoms with Gasteiger partial charge in [0.2, 0.25) is 0 Å². The van der Waals surface area contributed by atoms with E-state index in [-0.39, 0.29) is 18.4 Å². The van der Waals surface area contributed by atoms with Gasteiger partial charge < -0.3 is 20.5 Å². The van der Waals surface area contributed by atoms with Crippen molar-refractivity contribution in [2.24, 2.45) is 4.99 Å². The van der Waals surface area contributed by atoms with Gasteiger partial charge in [-0.15, -0.1) is 12.4 Å². The summed E-state index contributed by atoms with van der Waals surface area (Å²) in [6.07, 6.45) is 0.297. The fraction of sp³-hybridized carbons (Fsp3) is 0.381. The number of ether oxygens (including phenoxy) is 1. The van der Waals surface area contributed by atoms with Gasteiger partial charge in [-0.1, -0.05) is 35.9 Å². The quantitative estimate of drug-likeness (QED) is 0.578. The molecule has 0 aliphatic carbocycles. The number of rotatable bonds is 9. The van der Waals surface area contributed by atoms with Gasteiger partial charge in [0.25, 0.3) is 0 Å². The van der Waals surface area contributed by atoms with Crippen molar-refractivity contribution in [1.82, 2.24) is 10.6 Å². The molecule has 2 aromatic rings. The van der Waals surface area contributed by atoms with Crippen LogP contribution in [-0.4, -0.2) is 43.2 Å². The first-order chi connectivity index (χ1) is 13.1. The van der Waals surface area contributed by atoms with Gasteiger partial charge >= 0.3 is 0 Å². The van der Waals surface area contributed by atoms with Crippen LogP contribution in [0, 0.1) is 0 Å². The Morgan fingerprint density at radius 1 is 1.25 bits per heavy atom. The van der Waals surface area contributed by atoms with E-state index >= 15 is 0 Å². The second-order valence-electron chi connectivity index (χ2n) is 6.77. The number of aliphatic hydroxyl groups excluding tert-OH is 1. The monoisotopic (exact) mass is 423 g/mol. The smallest absolute Gasteiger partial charge is 0.145 e. The molecule has 0 aromatic heterocycles. The van der Waals surface area contributed by atoms with Crippen LogP contribution in [0.5, 0.6) is 5.75 Å². The van der Waals surface area contributed by atoms with Gasteiger partial charge in [-0.25, -0.2) is 0 Å². The van der Waals surface area contributed by atoms with Crippen molar-refractivity contribution in [3.05, 3.63) is 64.7 Å². The summed E-state index contributed by atoms with van der Waals surface area (Å²) in [7, 11) is 0. The Kier molecular flexibility index (Phi) is 9.06. The fourth-order valence-corrected chi connectivity index (χ4v) is 3.19. The number of aliphatic imine (C=N–C) groups is 1. The largest absolute Gasteiger partial charge is 0.486 e. The predicted octanol–water partition coefficient (Wildman–Crippen LogP) is 3.40. The molecule has 0 spiro atoms. The van der Waals surface area contributed by atoms with Crippen LogP contribution < -0.4 is 15.4 Å². The van der Waals surface area contributed by atoms with Crippen LogP contribution in [-0.2, 0) is 6.42 Å². The zero-order valence-corrected chi connectivity index (χ0v) is 17.5. The van der Waals surface area contributed by atoms with Crippen LogP contribution >= 0.6 is 24.0 Å². The Bertz CT molecular complexity index is 769. The Morgan fingerprint density at radius 2 is 2.04 bits per heavy atom. The van der Waals surface area contributed by atoms with Gasteiger partial charge in [0.05, 0.1) is 12.6 Å². The summed E-state index contributed by atoms with van der Waals surface area (Å²) >= 11 is 5.98. The highest BCUT2D eigenvalue weighted by Crippen LogP contribution is 2.18. The van der Waals surface area contributed by atoms with Crippen LogP contribution in [0.1, 0.15) is 24.2 Å². The van der Waals surface area contributed by atoms with Crippen molar-refractivity contribution in [1.29, 1.82) is 0 Å². The second-order valence-corrected chi connectivity index (χ2v) is 7.21. The number of aliphatic hydroxyl groups is 1. The zero-order chi connectivity index (χ0) is 19.1. The standard InChI is InChI=1S/C21H26ClN3O2.ClH/c1-15(25-13-20(26)17-3-2-4-18(22)12-17)11-16-5-7-19(8-6-16)27-14-21-23-9-10-24-21;/h2-8,12,15,20,25-26H,9-11,13-14H2,1H3,(H,23,24);1H. The lowest BCUT2D eigenvalue weighted by Gasteiger charge is -2.18. The Morgan fingerprint density at radius 3 is 2.71 bits per heavy atom. The lowest BCUT2D eigenvalue weighted by Crippen LogP contribution is -2.32. The lowest BCUT2D eigenvalue weighted by molar-refractivity contribution is 0.170. The molecular weight excluding hydrogens is 397 g/mol. The van der Waals surface area contributed by atoms with Crippen molar-refractivity contribution in [3.63, 3.8) is 0 Å². The fourth-order valence-electron chi connectivity index (χ4n) is 2.99. The van der Waals surface area contributed by atoms with E-state index in [1.165, 1.54) is 5.56 Å². The average molecular weight is 424 g/mol. The second kappa shape index (κ2) is 11.3. The molecule has 3 N–H and O–H groups in total. The van der Waals surface area contributed by atoms with Crippen molar-refractivity contribution in [3.8, 4) is 5.75 Å². The van der Waals surface area contributed by atoms with Gasteiger partial charge in [0.15, 0.2) is 0 Å². The minimum Gasteiger partial charge on any atom is -0.486 e. The summed E-state index contributed by atoms with van der Waals surface area (Å²) in [6.45, 7) is 4.80. The molecule has 3 rings (SSSR count). The maximum Gasteiger partial charge on any atom is 0.145 e. The number of amidine groups is 1. The molecule has 1 heterocycles. The van der Waals surface area contributed by atoms with E-state index in [4.69, 9.17) is 16.3 Å². The summed E-state index contributed by atoms with van der Waals surface area (Å²) in [5.41, 5.74) is 2.04. The first kappa shape index (κ1) is 22.5. The van der Waals surface area contributed by atoms with Crippen LogP contribution in [0.15, 0.2) is 53.5 Å². The SMILES string of the molecule is CC(Cc1ccc(OCC2=NCCN2)cc1)NCC(O)c1cccc(Cl)c1.Cl. The Balaban J connectivity index is 0.00000280. The van der Waals surface area contributed by atoms with Gasteiger partial charge in [-0.05, 0) is 48.7 Å². The first-order valence-corrected chi connectivity index (χ1v) is 9.64. The van der Waals surface area contributed by atoms with E-state index in [9.17, 15) is 5.11 Å². The number of hydrogen-bond donors (Lipinski definition) is 3. The topological polar surface area (TPSA) is 65.9 Å². The summed E-state index contributed by atoms with van der Waals surface area (Å²) in [5.74, 6) is 1.75. The maximum atomic E-state index is 10.3. The maximum absolute atomic E-state index is 10.3. The van der Waals surface area contributed by atoms with E-state index in [0.717, 1.165) is 36.7 Å². The molecule has 0 amide bonds. The van der Waals surface area contributed by atoms with Crippen LogP contribution in [0.25, 0.3) is 0 Å². The zero-order valence-electron chi connectivity index (χ0n) is 15.9. The molecule has 2 unspecified atom stereocenters. The highest BCUT2D eigenvalue weighted by atomic mass is 35.5. The van der Waals surface area contributed by atoms with Crippen molar-refractivity contribution < 1.29 is 9.84 Å². The molecule has 7 heteroatoms. The van der Waals surface area contributed by atoms with E-state index in [2.05, 4.69) is 34.7 Å². The first-order valence-electron chi connectivity index (χ1n) is 9.26. The summed E-state index contributed by atoms with van der Waals surface area (Å²) in [6, 6.07) is 15.7. The van der Waals surface area contributed by atoms with Gasteiger partial charge in [0, 0.05) is 24.2 Å². The average Bonchev–Trinajstić information content (AvgIpc) is 3.19. The molecule has 152 valence electrons. The molecule has 2 aromatic carbocycles. The summed E-state index contributed by atoms with van der Waals surface area (Å²) < 4.78 is 5.73. The summed E-state index contributed by atoms with van der Waals surface area (Å²) in [5, 5.41) is 17.5. The number of nitrogens with zero attached hydrogens (tertiary/aromatic N) is 1. The molecular formula is C21H27Cl2N3O2.